The first kappa shape index (κ1) is 12.9. The molecule has 1 heterocycles. The number of benzene rings is 1. The van der Waals surface area contributed by atoms with Gasteiger partial charge in [-0.1, -0.05) is 43.7 Å². The first-order valence-electron chi connectivity index (χ1n) is 7.52. The fraction of sp³-hybridized carbons (Fsp3) is 0.588. The number of hydrogen-bond acceptors (Lipinski definition) is 2. The Balaban J connectivity index is 1.73. The minimum absolute atomic E-state index is 0.115. The number of hydrogen-bond donors (Lipinski definition) is 1. The van der Waals surface area contributed by atoms with Crippen molar-refractivity contribution in [2.45, 2.75) is 57.5 Å². The predicted octanol–water partition coefficient (Wildman–Crippen LogP) is 3.11. The quantitative estimate of drug-likeness (QED) is 0.882. The van der Waals surface area contributed by atoms with Crippen LogP contribution >= 0.6 is 0 Å². The Morgan fingerprint density at radius 2 is 2.05 bits per heavy atom. The van der Waals surface area contributed by atoms with Crippen LogP contribution in [0.2, 0.25) is 0 Å². The van der Waals surface area contributed by atoms with Crippen LogP contribution in [0.15, 0.2) is 30.3 Å². The number of carbonyl (C=O) groups excluding carboxylic acids is 1. The first-order valence-corrected chi connectivity index (χ1v) is 7.52. The molecule has 0 spiro atoms. The Hall–Kier alpha value is -1.15. The summed E-state index contributed by atoms with van der Waals surface area (Å²) in [6.07, 6.45) is 6.26. The van der Waals surface area contributed by atoms with Crippen molar-refractivity contribution in [1.29, 1.82) is 0 Å². The van der Waals surface area contributed by atoms with Gasteiger partial charge < -0.3 is 5.32 Å². The molecular formula is C17H23NO. The molecule has 2 aliphatic rings. The summed E-state index contributed by atoms with van der Waals surface area (Å²) in [6, 6.07) is 11.5. The molecule has 1 N–H and O–H groups in total. The molecule has 0 aromatic heterocycles. The van der Waals surface area contributed by atoms with Crippen LogP contribution in [0.1, 0.15) is 44.6 Å². The highest BCUT2D eigenvalue weighted by molar-refractivity contribution is 5.86. The SMILES string of the molecule is C[C@]12C[C@@H](Cc3ccccc3)N[C@H]1CCCCC2=O. The minimum Gasteiger partial charge on any atom is -0.310 e. The van der Waals surface area contributed by atoms with Gasteiger partial charge in [0.15, 0.2) is 0 Å². The lowest BCUT2D eigenvalue weighted by Crippen LogP contribution is -2.39. The van der Waals surface area contributed by atoms with E-state index in [1.807, 2.05) is 0 Å². The van der Waals surface area contributed by atoms with Gasteiger partial charge in [0.25, 0.3) is 0 Å². The molecule has 2 fully saturated rings. The molecule has 1 aromatic rings. The van der Waals surface area contributed by atoms with E-state index in [9.17, 15) is 4.79 Å². The normalized spacial score (nSPS) is 34.9. The van der Waals surface area contributed by atoms with Crippen molar-refractivity contribution in [2.75, 3.05) is 0 Å². The molecule has 1 aromatic carbocycles. The van der Waals surface area contributed by atoms with Crippen molar-refractivity contribution in [1.82, 2.24) is 5.32 Å². The second-order valence-corrected chi connectivity index (χ2v) is 6.40. The summed E-state index contributed by atoms with van der Waals surface area (Å²) >= 11 is 0. The zero-order chi connectivity index (χ0) is 13.3. The van der Waals surface area contributed by atoms with E-state index in [2.05, 4.69) is 42.6 Å². The first-order chi connectivity index (χ1) is 9.18. The molecule has 0 bridgehead atoms. The van der Waals surface area contributed by atoms with Crippen LogP contribution in [0.25, 0.3) is 0 Å². The van der Waals surface area contributed by atoms with Crippen LogP contribution < -0.4 is 5.32 Å². The van der Waals surface area contributed by atoms with Crippen LogP contribution in [0.4, 0.5) is 0 Å². The number of nitrogens with one attached hydrogen (secondary N) is 1. The molecule has 1 aliphatic carbocycles. The molecule has 3 atom stereocenters. The summed E-state index contributed by atoms with van der Waals surface area (Å²) in [6.45, 7) is 2.18. The minimum atomic E-state index is -0.115. The third kappa shape index (κ3) is 2.46. The topological polar surface area (TPSA) is 29.1 Å². The average Bonchev–Trinajstić information content (AvgIpc) is 2.66. The highest BCUT2D eigenvalue weighted by Crippen LogP contribution is 2.41. The number of rotatable bonds is 2. The average molecular weight is 257 g/mol. The van der Waals surface area contributed by atoms with Crippen molar-refractivity contribution >= 4 is 5.78 Å². The Bertz CT molecular complexity index is 456. The Kier molecular flexibility index (Phi) is 3.44. The summed E-state index contributed by atoms with van der Waals surface area (Å²) in [5.74, 6) is 0.484. The third-order valence-electron chi connectivity index (χ3n) is 4.98. The fourth-order valence-electron chi connectivity index (χ4n) is 3.84. The summed E-state index contributed by atoms with van der Waals surface area (Å²) in [5, 5.41) is 3.73. The van der Waals surface area contributed by atoms with Gasteiger partial charge in [-0.25, -0.2) is 0 Å². The van der Waals surface area contributed by atoms with Crippen molar-refractivity contribution < 1.29 is 4.79 Å². The van der Waals surface area contributed by atoms with Gasteiger partial charge in [-0.05, 0) is 31.2 Å². The van der Waals surface area contributed by atoms with Crippen LogP contribution in [0.5, 0.6) is 0 Å². The van der Waals surface area contributed by atoms with Crippen molar-refractivity contribution in [2.24, 2.45) is 5.41 Å². The van der Waals surface area contributed by atoms with Gasteiger partial charge in [-0.3, -0.25) is 4.79 Å². The van der Waals surface area contributed by atoms with E-state index in [1.165, 1.54) is 12.0 Å². The predicted molar refractivity (Wildman–Crippen MR) is 77.1 cm³/mol. The Morgan fingerprint density at radius 1 is 1.26 bits per heavy atom. The molecule has 1 saturated carbocycles. The van der Waals surface area contributed by atoms with Crippen LogP contribution in [-0.4, -0.2) is 17.9 Å². The van der Waals surface area contributed by atoms with E-state index in [0.29, 0.717) is 17.9 Å². The second kappa shape index (κ2) is 5.09. The molecule has 0 amide bonds. The van der Waals surface area contributed by atoms with Crippen molar-refractivity contribution in [3.63, 3.8) is 0 Å². The van der Waals surface area contributed by atoms with Crippen molar-refractivity contribution in [3.05, 3.63) is 35.9 Å². The monoisotopic (exact) mass is 257 g/mol. The maximum absolute atomic E-state index is 12.4. The fourth-order valence-corrected chi connectivity index (χ4v) is 3.84. The van der Waals surface area contributed by atoms with Crippen LogP contribution in [-0.2, 0) is 11.2 Å². The van der Waals surface area contributed by atoms with E-state index in [4.69, 9.17) is 0 Å². The molecule has 0 radical (unpaired) electrons. The van der Waals surface area contributed by atoms with E-state index in [-0.39, 0.29) is 5.41 Å². The van der Waals surface area contributed by atoms with E-state index < -0.39 is 0 Å². The molecule has 1 aliphatic heterocycles. The summed E-state index contributed by atoms with van der Waals surface area (Å²) in [4.78, 5) is 12.4. The highest BCUT2D eigenvalue weighted by Gasteiger charge is 2.48. The zero-order valence-corrected chi connectivity index (χ0v) is 11.7. The van der Waals surface area contributed by atoms with E-state index >= 15 is 0 Å². The zero-order valence-electron chi connectivity index (χ0n) is 11.7. The number of ketones is 1. The van der Waals surface area contributed by atoms with Gasteiger partial charge in [0.1, 0.15) is 5.78 Å². The molecular weight excluding hydrogens is 234 g/mol. The number of carbonyl (C=O) groups is 1. The van der Waals surface area contributed by atoms with Gasteiger partial charge in [0, 0.05) is 23.9 Å². The lowest BCUT2D eigenvalue weighted by Gasteiger charge is -2.27. The number of fused-ring (bicyclic) bond motifs is 1. The van der Waals surface area contributed by atoms with Crippen LogP contribution in [0, 0.1) is 5.41 Å². The summed E-state index contributed by atoms with van der Waals surface area (Å²) in [5.41, 5.74) is 1.25. The Morgan fingerprint density at radius 3 is 2.84 bits per heavy atom. The van der Waals surface area contributed by atoms with Gasteiger partial charge >= 0.3 is 0 Å². The smallest absolute Gasteiger partial charge is 0.140 e. The number of Topliss-reactive ketones (excluding diaryl/α,β-unsaturated/α-hetero) is 1. The van der Waals surface area contributed by atoms with Gasteiger partial charge in [0.05, 0.1) is 0 Å². The summed E-state index contributed by atoms with van der Waals surface area (Å²) in [7, 11) is 0. The maximum Gasteiger partial charge on any atom is 0.140 e. The lowest BCUT2D eigenvalue weighted by molar-refractivity contribution is -0.127. The van der Waals surface area contributed by atoms with Gasteiger partial charge in [-0.15, -0.1) is 0 Å². The summed E-state index contributed by atoms with van der Waals surface area (Å²) < 4.78 is 0. The highest BCUT2D eigenvalue weighted by atomic mass is 16.1. The molecule has 19 heavy (non-hydrogen) atoms. The van der Waals surface area contributed by atoms with Gasteiger partial charge in [-0.2, -0.15) is 0 Å². The maximum atomic E-state index is 12.4. The molecule has 2 nitrogen and oxygen atoms in total. The van der Waals surface area contributed by atoms with E-state index in [1.54, 1.807) is 0 Å². The Labute approximate surface area is 115 Å². The standard InChI is InChI=1S/C17H23NO/c1-17-12-14(11-13-7-3-2-4-8-13)18-15(17)9-5-6-10-16(17)19/h2-4,7-8,14-15,18H,5-6,9-12H2,1H3/t14-,15+,17+/m1/s1. The van der Waals surface area contributed by atoms with E-state index in [0.717, 1.165) is 32.1 Å². The third-order valence-corrected chi connectivity index (χ3v) is 4.98. The molecule has 3 rings (SSSR count). The molecule has 1 saturated heterocycles. The lowest BCUT2D eigenvalue weighted by atomic mass is 9.76. The molecule has 0 unspecified atom stereocenters. The largest absolute Gasteiger partial charge is 0.310 e. The molecule has 102 valence electrons. The molecule has 2 heteroatoms. The van der Waals surface area contributed by atoms with Gasteiger partial charge in [0.2, 0.25) is 0 Å². The van der Waals surface area contributed by atoms with Crippen LogP contribution in [0.3, 0.4) is 0 Å². The second-order valence-electron chi connectivity index (χ2n) is 6.40. The van der Waals surface area contributed by atoms with Crippen molar-refractivity contribution in [3.8, 4) is 0 Å².